The van der Waals surface area contributed by atoms with Crippen LogP contribution in [0.5, 0.6) is 0 Å². The van der Waals surface area contributed by atoms with Gasteiger partial charge in [0.2, 0.25) is 6.33 Å². The fraction of sp³-hybridized carbons (Fsp3) is 0.182. The van der Waals surface area contributed by atoms with Crippen LogP contribution in [0.4, 0.5) is 0 Å². The number of rotatable bonds is 6. The van der Waals surface area contributed by atoms with Crippen LogP contribution in [0.3, 0.4) is 0 Å². The molecule has 3 heterocycles. The number of ketones is 1. The molecule has 0 bridgehead atoms. The number of nitrogens with one attached hydrogen (secondary N) is 1. The molecule has 2 N–H and O–H groups in total. The predicted octanol–water partition coefficient (Wildman–Crippen LogP) is 2.97. The van der Waals surface area contributed by atoms with Crippen molar-refractivity contribution in [3.8, 4) is 0 Å². The lowest BCUT2D eigenvalue weighted by Crippen LogP contribution is -2.36. The molecule has 0 spiro atoms. The smallest absolute Gasteiger partial charge is 0.295 e. The van der Waals surface area contributed by atoms with E-state index in [1.165, 1.54) is 4.90 Å². The molecule has 2 aromatic heterocycles. The third-order valence-corrected chi connectivity index (χ3v) is 5.57. The van der Waals surface area contributed by atoms with Gasteiger partial charge in [-0.05, 0) is 24.3 Å². The summed E-state index contributed by atoms with van der Waals surface area (Å²) >= 11 is 3.36. The highest BCUT2D eigenvalue weighted by atomic mass is 79.9. The number of aryl methyl sites for hydroxylation is 1. The zero-order valence-electron chi connectivity index (χ0n) is 16.0. The Labute approximate surface area is 181 Å². The van der Waals surface area contributed by atoms with E-state index in [1.54, 1.807) is 48.7 Å². The molecule has 0 aliphatic carbocycles. The van der Waals surface area contributed by atoms with Gasteiger partial charge in [-0.25, -0.2) is 4.57 Å². The highest BCUT2D eigenvalue weighted by Crippen LogP contribution is 2.38. The van der Waals surface area contributed by atoms with Gasteiger partial charge in [-0.15, -0.1) is 0 Å². The van der Waals surface area contributed by atoms with Crippen molar-refractivity contribution in [1.82, 2.24) is 14.9 Å². The van der Waals surface area contributed by atoms with Crippen LogP contribution in [0.1, 0.15) is 23.7 Å². The number of Topliss-reactive ketones (excluding diaryl/α,β-unsaturated/α-hetero) is 1. The Bertz CT molecular complexity index is 1080. The van der Waals surface area contributed by atoms with E-state index in [-0.39, 0.29) is 11.3 Å². The minimum atomic E-state index is -0.730. The number of H-pyrrole nitrogens is 1. The number of halogens is 1. The summed E-state index contributed by atoms with van der Waals surface area (Å²) in [6, 6.07) is 11.6. The van der Waals surface area contributed by atoms with E-state index >= 15 is 0 Å². The van der Waals surface area contributed by atoms with Crippen LogP contribution < -0.4 is 4.57 Å². The minimum Gasteiger partial charge on any atom is -0.507 e. The van der Waals surface area contributed by atoms with Gasteiger partial charge in [-0.2, -0.15) is 0 Å². The van der Waals surface area contributed by atoms with Crippen molar-refractivity contribution in [3.63, 3.8) is 0 Å². The Hall–Kier alpha value is -3.26. The third-order valence-electron chi connectivity index (χ3n) is 5.04. The van der Waals surface area contributed by atoms with Crippen LogP contribution >= 0.6 is 15.9 Å². The van der Waals surface area contributed by atoms with Crippen molar-refractivity contribution in [1.29, 1.82) is 0 Å². The Morgan fingerprint density at radius 1 is 1.20 bits per heavy atom. The average molecular weight is 468 g/mol. The number of aromatic amines is 1. The molecule has 7 nitrogen and oxygen atoms in total. The second kappa shape index (κ2) is 8.62. The van der Waals surface area contributed by atoms with E-state index in [4.69, 9.17) is 0 Å². The molecular formula is C22H20BrN4O3+. The van der Waals surface area contributed by atoms with Crippen molar-refractivity contribution in [2.45, 2.75) is 19.0 Å². The summed E-state index contributed by atoms with van der Waals surface area (Å²) in [5.41, 5.74) is 1.08. The topological polar surface area (TPSA) is 90.2 Å². The summed E-state index contributed by atoms with van der Waals surface area (Å²) in [4.78, 5) is 34.6. The minimum absolute atomic E-state index is 0.0651. The van der Waals surface area contributed by atoms with Crippen molar-refractivity contribution < 1.29 is 19.3 Å². The first-order valence-electron chi connectivity index (χ1n) is 9.53. The zero-order chi connectivity index (χ0) is 21.1. The summed E-state index contributed by atoms with van der Waals surface area (Å²) in [6.07, 6.45) is 7.82. The highest BCUT2D eigenvalue weighted by molar-refractivity contribution is 9.10. The maximum absolute atomic E-state index is 12.9. The molecule has 0 radical (unpaired) electrons. The lowest BCUT2D eigenvalue weighted by Gasteiger charge is -2.24. The zero-order valence-corrected chi connectivity index (χ0v) is 17.6. The summed E-state index contributed by atoms with van der Waals surface area (Å²) in [5, 5.41) is 11.0. The third kappa shape index (κ3) is 3.91. The number of amides is 1. The maximum Gasteiger partial charge on any atom is 0.295 e. The maximum atomic E-state index is 12.9. The van der Waals surface area contributed by atoms with Crippen LogP contribution in [0, 0.1) is 0 Å². The first-order valence-corrected chi connectivity index (χ1v) is 10.3. The van der Waals surface area contributed by atoms with Gasteiger partial charge in [-0.3, -0.25) is 19.6 Å². The number of imidazole rings is 1. The molecule has 1 saturated heterocycles. The number of benzene rings is 1. The molecule has 4 rings (SSSR count). The van der Waals surface area contributed by atoms with Crippen LogP contribution in [-0.4, -0.2) is 38.2 Å². The Morgan fingerprint density at radius 2 is 2.00 bits per heavy atom. The van der Waals surface area contributed by atoms with Crippen LogP contribution in [0.25, 0.3) is 5.76 Å². The van der Waals surface area contributed by atoms with E-state index in [9.17, 15) is 14.7 Å². The van der Waals surface area contributed by atoms with Crippen molar-refractivity contribution in [2.24, 2.45) is 0 Å². The molecule has 1 aliphatic heterocycles. The number of carbonyl (C=O) groups is 2. The summed E-state index contributed by atoms with van der Waals surface area (Å²) in [5.74, 6) is -1.51. The average Bonchev–Trinajstić information content (AvgIpc) is 3.37. The van der Waals surface area contributed by atoms with Gasteiger partial charge in [0.25, 0.3) is 11.7 Å². The van der Waals surface area contributed by atoms with Gasteiger partial charge in [0.15, 0.2) is 0 Å². The van der Waals surface area contributed by atoms with Crippen LogP contribution in [0.2, 0.25) is 0 Å². The first-order chi connectivity index (χ1) is 14.6. The van der Waals surface area contributed by atoms with Gasteiger partial charge >= 0.3 is 0 Å². The van der Waals surface area contributed by atoms with Crippen molar-refractivity contribution in [2.75, 3.05) is 6.54 Å². The fourth-order valence-electron chi connectivity index (χ4n) is 3.60. The molecule has 1 amide bonds. The number of carbonyl (C=O) groups excluding carboxylic acids is 2. The number of hydrogen-bond acceptors (Lipinski definition) is 4. The number of aliphatic hydroxyl groups excluding tert-OH is 1. The monoisotopic (exact) mass is 467 g/mol. The first kappa shape index (κ1) is 20.0. The Balaban J connectivity index is 1.71. The SMILES string of the molecule is O=C1C(=O)N(CCC[n+]2cc[nH]c2)C(c2ccccn2)C1=C(O)c1ccc(Br)cc1. The standard InChI is InChI=1S/C22H19BrN4O3/c23-16-7-5-15(6-8-16)20(28)18-19(17-4-1-2-9-25-17)27(22(30)21(18)29)12-3-11-26-13-10-24-14-26/h1-2,4-10,13-14,19H,3,11-12H2,(H,28,29)/p+1. The molecule has 152 valence electrons. The number of likely N-dealkylation sites (tertiary alicyclic amines) is 1. The Morgan fingerprint density at radius 3 is 2.67 bits per heavy atom. The van der Waals surface area contributed by atoms with Crippen LogP contribution in [0.15, 0.2) is 77.4 Å². The van der Waals surface area contributed by atoms with Crippen molar-refractivity contribution in [3.05, 3.63) is 88.7 Å². The molecule has 30 heavy (non-hydrogen) atoms. The molecule has 1 unspecified atom stereocenters. The van der Waals surface area contributed by atoms with E-state index in [2.05, 4.69) is 25.9 Å². The number of aliphatic hydroxyl groups is 1. The number of pyridine rings is 1. The van der Waals surface area contributed by atoms with Gasteiger partial charge < -0.3 is 10.0 Å². The Kier molecular flexibility index (Phi) is 5.76. The number of nitrogens with zero attached hydrogens (tertiary/aromatic N) is 3. The van der Waals surface area contributed by atoms with Gasteiger partial charge in [0.05, 0.1) is 17.8 Å². The van der Waals surface area contributed by atoms with E-state index < -0.39 is 17.7 Å². The van der Waals surface area contributed by atoms with Crippen molar-refractivity contribution >= 4 is 33.4 Å². The second-order valence-corrected chi connectivity index (χ2v) is 7.87. The van der Waals surface area contributed by atoms with Gasteiger partial charge in [-0.1, -0.05) is 34.1 Å². The quantitative estimate of drug-likeness (QED) is 0.252. The number of hydrogen-bond donors (Lipinski definition) is 2. The second-order valence-electron chi connectivity index (χ2n) is 6.96. The highest BCUT2D eigenvalue weighted by Gasteiger charge is 2.46. The summed E-state index contributed by atoms with van der Waals surface area (Å²) < 4.78 is 2.82. The van der Waals surface area contributed by atoms with E-state index in [1.807, 2.05) is 23.3 Å². The number of aromatic nitrogens is 3. The summed E-state index contributed by atoms with van der Waals surface area (Å²) in [6.45, 7) is 1.05. The molecule has 1 fully saturated rings. The lowest BCUT2D eigenvalue weighted by atomic mass is 9.98. The largest absolute Gasteiger partial charge is 0.507 e. The molecule has 1 atom stereocenters. The predicted molar refractivity (Wildman–Crippen MR) is 113 cm³/mol. The summed E-state index contributed by atoms with van der Waals surface area (Å²) in [7, 11) is 0. The van der Waals surface area contributed by atoms with E-state index in [0.717, 1.165) is 4.47 Å². The molecule has 0 saturated carbocycles. The molecule has 1 aliphatic rings. The fourth-order valence-corrected chi connectivity index (χ4v) is 3.87. The van der Waals surface area contributed by atoms with E-state index in [0.29, 0.717) is 30.8 Å². The molecule has 8 heteroatoms. The molecule has 3 aromatic rings. The van der Waals surface area contributed by atoms with Gasteiger partial charge in [0, 0.05) is 29.2 Å². The van der Waals surface area contributed by atoms with Crippen LogP contribution in [-0.2, 0) is 16.1 Å². The molecular weight excluding hydrogens is 448 g/mol. The normalized spacial score (nSPS) is 18.2. The lowest BCUT2D eigenvalue weighted by molar-refractivity contribution is -0.695. The van der Waals surface area contributed by atoms with Gasteiger partial charge in [0.1, 0.15) is 24.2 Å². The molecule has 1 aromatic carbocycles.